The van der Waals surface area contributed by atoms with Crippen LogP contribution in [0.15, 0.2) is 42.6 Å². The third kappa shape index (κ3) is 4.02. The van der Waals surface area contributed by atoms with Crippen LogP contribution in [0.5, 0.6) is 0 Å². The third-order valence-corrected chi connectivity index (χ3v) is 4.71. The molecule has 1 fully saturated rings. The number of hydrogen-bond acceptors (Lipinski definition) is 3. The summed E-state index contributed by atoms with van der Waals surface area (Å²) in [5.74, 6) is 0.703. The van der Waals surface area contributed by atoms with E-state index in [-0.39, 0.29) is 18.1 Å². The molecule has 1 aliphatic heterocycles. The predicted molar refractivity (Wildman–Crippen MR) is 97.4 cm³/mol. The summed E-state index contributed by atoms with van der Waals surface area (Å²) in [6.07, 6.45) is 3.57. The fourth-order valence-corrected chi connectivity index (χ4v) is 3.42. The van der Waals surface area contributed by atoms with Gasteiger partial charge >= 0.3 is 6.03 Å². The number of aromatic nitrogens is 2. The molecule has 0 spiro atoms. The number of anilines is 1. The summed E-state index contributed by atoms with van der Waals surface area (Å²) < 4.78 is 1.79. The van der Waals surface area contributed by atoms with Crippen LogP contribution < -0.4 is 5.32 Å². The summed E-state index contributed by atoms with van der Waals surface area (Å²) in [6, 6.07) is 11.5. The zero-order valence-corrected chi connectivity index (χ0v) is 14.8. The van der Waals surface area contributed by atoms with Gasteiger partial charge in [-0.2, -0.15) is 5.10 Å². The molecule has 2 unspecified atom stereocenters. The molecule has 6 heteroatoms. The number of nitrogens with zero attached hydrogens (tertiary/aromatic N) is 3. The molecule has 0 saturated carbocycles. The number of likely N-dealkylation sites (tertiary alicyclic amines) is 1. The summed E-state index contributed by atoms with van der Waals surface area (Å²) in [7, 11) is 0. The Morgan fingerprint density at radius 1 is 1.32 bits per heavy atom. The van der Waals surface area contributed by atoms with Gasteiger partial charge in [-0.3, -0.25) is 5.32 Å². The van der Waals surface area contributed by atoms with Gasteiger partial charge < -0.3 is 10.0 Å². The van der Waals surface area contributed by atoms with Gasteiger partial charge in [-0.05, 0) is 38.7 Å². The van der Waals surface area contributed by atoms with Crippen LogP contribution >= 0.6 is 0 Å². The monoisotopic (exact) mass is 342 g/mol. The molecule has 25 heavy (non-hydrogen) atoms. The van der Waals surface area contributed by atoms with Crippen LogP contribution in [0.25, 0.3) is 0 Å². The van der Waals surface area contributed by atoms with Crippen LogP contribution in [0.2, 0.25) is 0 Å². The van der Waals surface area contributed by atoms with Gasteiger partial charge in [-0.15, -0.1) is 0 Å². The second-order valence-electron chi connectivity index (χ2n) is 6.84. The standard InChI is InChI=1S/C19H26N4O2/c1-14(2)23-18(10-11-20-23)21-19(25)22-12-6-9-16(22)13-17(24)15-7-4-3-5-8-15/h3-5,7-8,10-11,14,16-17,24H,6,9,12-13H2,1-2H3,(H,21,25). The topological polar surface area (TPSA) is 70.4 Å². The van der Waals surface area contributed by atoms with E-state index in [0.29, 0.717) is 18.8 Å². The van der Waals surface area contributed by atoms with Crippen molar-refractivity contribution in [3.8, 4) is 0 Å². The summed E-state index contributed by atoms with van der Waals surface area (Å²) in [6.45, 7) is 4.77. The summed E-state index contributed by atoms with van der Waals surface area (Å²) >= 11 is 0. The molecule has 134 valence electrons. The van der Waals surface area contributed by atoms with Crippen LogP contribution in [0.4, 0.5) is 10.6 Å². The average molecular weight is 342 g/mol. The highest BCUT2D eigenvalue weighted by atomic mass is 16.3. The second-order valence-corrected chi connectivity index (χ2v) is 6.84. The van der Waals surface area contributed by atoms with Crippen molar-refractivity contribution < 1.29 is 9.90 Å². The average Bonchev–Trinajstić information content (AvgIpc) is 3.25. The molecule has 1 aromatic heterocycles. The van der Waals surface area contributed by atoms with Crippen LogP contribution in [0, 0.1) is 0 Å². The van der Waals surface area contributed by atoms with E-state index in [1.54, 1.807) is 10.9 Å². The van der Waals surface area contributed by atoms with E-state index >= 15 is 0 Å². The summed E-state index contributed by atoms with van der Waals surface area (Å²) in [5, 5.41) is 17.7. The zero-order valence-electron chi connectivity index (χ0n) is 14.8. The van der Waals surface area contributed by atoms with Gasteiger partial charge in [0.15, 0.2) is 0 Å². The van der Waals surface area contributed by atoms with Gasteiger partial charge in [-0.25, -0.2) is 9.48 Å². The van der Waals surface area contributed by atoms with Crippen molar-refractivity contribution in [1.29, 1.82) is 0 Å². The first kappa shape index (κ1) is 17.5. The number of amides is 2. The van der Waals surface area contributed by atoms with E-state index in [1.165, 1.54) is 0 Å². The largest absolute Gasteiger partial charge is 0.388 e. The number of benzene rings is 1. The number of aliphatic hydroxyl groups excluding tert-OH is 1. The Morgan fingerprint density at radius 2 is 2.08 bits per heavy atom. The van der Waals surface area contributed by atoms with E-state index in [1.807, 2.05) is 55.1 Å². The maximum atomic E-state index is 12.7. The van der Waals surface area contributed by atoms with Gasteiger partial charge in [0.05, 0.1) is 12.3 Å². The van der Waals surface area contributed by atoms with Crippen LogP contribution in [0.1, 0.15) is 50.8 Å². The molecule has 2 N–H and O–H groups in total. The first-order valence-electron chi connectivity index (χ1n) is 8.90. The number of urea groups is 1. The second kappa shape index (κ2) is 7.70. The van der Waals surface area contributed by atoms with Crippen LogP contribution in [-0.4, -0.2) is 38.4 Å². The fraction of sp³-hybridized carbons (Fsp3) is 0.474. The number of rotatable bonds is 5. The number of aliphatic hydroxyl groups is 1. The molecule has 2 atom stereocenters. The van der Waals surface area contributed by atoms with Crippen molar-refractivity contribution in [2.75, 3.05) is 11.9 Å². The Bertz CT molecular complexity index is 698. The lowest BCUT2D eigenvalue weighted by Crippen LogP contribution is -2.39. The molecule has 0 radical (unpaired) electrons. The lowest BCUT2D eigenvalue weighted by molar-refractivity contribution is 0.129. The first-order valence-corrected chi connectivity index (χ1v) is 8.90. The van der Waals surface area contributed by atoms with E-state index in [4.69, 9.17) is 0 Å². The minimum atomic E-state index is -0.555. The van der Waals surface area contributed by atoms with Crippen molar-refractivity contribution in [3.63, 3.8) is 0 Å². The Morgan fingerprint density at radius 3 is 2.80 bits per heavy atom. The van der Waals surface area contributed by atoms with Gasteiger partial charge in [0.25, 0.3) is 0 Å². The van der Waals surface area contributed by atoms with Gasteiger partial charge in [-0.1, -0.05) is 30.3 Å². The van der Waals surface area contributed by atoms with E-state index < -0.39 is 6.10 Å². The smallest absolute Gasteiger partial charge is 0.323 e. The molecule has 2 aromatic rings. The Kier molecular flexibility index (Phi) is 5.38. The van der Waals surface area contributed by atoms with E-state index in [9.17, 15) is 9.90 Å². The van der Waals surface area contributed by atoms with Gasteiger partial charge in [0.2, 0.25) is 0 Å². The Hall–Kier alpha value is -2.34. The molecule has 1 aromatic carbocycles. The number of carbonyl (C=O) groups excluding carboxylic acids is 1. The highest BCUT2D eigenvalue weighted by Gasteiger charge is 2.31. The molecule has 3 rings (SSSR count). The van der Waals surface area contributed by atoms with Crippen molar-refractivity contribution >= 4 is 11.8 Å². The number of hydrogen-bond donors (Lipinski definition) is 2. The van der Waals surface area contributed by atoms with Crippen LogP contribution in [-0.2, 0) is 0 Å². The van der Waals surface area contributed by atoms with Gasteiger partial charge in [0, 0.05) is 24.7 Å². The third-order valence-electron chi connectivity index (χ3n) is 4.71. The number of carbonyl (C=O) groups is 1. The highest BCUT2D eigenvalue weighted by molar-refractivity contribution is 5.88. The van der Waals surface area contributed by atoms with Crippen molar-refractivity contribution in [1.82, 2.24) is 14.7 Å². The zero-order chi connectivity index (χ0) is 17.8. The maximum absolute atomic E-state index is 12.7. The molecule has 2 amide bonds. The molecule has 2 heterocycles. The SMILES string of the molecule is CC(C)n1nccc1NC(=O)N1CCCC1CC(O)c1ccccc1. The van der Waals surface area contributed by atoms with E-state index in [2.05, 4.69) is 10.4 Å². The summed E-state index contributed by atoms with van der Waals surface area (Å²) in [5.41, 5.74) is 0.896. The number of nitrogens with one attached hydrogen (secondary N) is 1. The van der Waals surface area contributed by atoms with Crippen molar-refractivity contribution in [2.24, 2.45) is 0 Å². The van der Waals surface area contributed by atoms with Crippen LogP contribution in [0.3, 0.4) is 0 Å². The van der Waals surface area contributed by atoms with E-state index in [0.717, 1.165) is 18.4 Å². The molecule has 0 bridgehead atoms. The molecule has 1 saturated heterocycles. The Labute approximate surface area is 148 Å². The molecule has 6 nitrogen and oxygen atoms in total. The Balaban J connectivity index is 1.64. The lowest BCUT2D eigenvalue weighted by atomic mass is 10.0. The van der Waals surface area contributed by atoms with Crippen molar-refractivity contribution in [3.05, 3.63) is 48.2 Å². The first-order chi connectivity index (χ1) is 12.1. The fourth-order valence-electron chi connectivity index (χ4n) is 3.42. The quantitative estimate of drug-likeness (QED) is 0.872. The molecular weight excluding hydrogens is 316 g/mol. The minimum Gasteiger partial charge on any atom is -0.388 e. The highest BCUT2D eigenvalue weighted by Crippen LogP contribution is 2.28. The predicted octanol–water partition coefficient (Wildman–Crippen LogP) is 3.58. The summed E-state index contributed by atoms with van der Waals surface area (Å²) in [4.78, 5) is 14.5. The molecule has 0 aliphatic carbocycles. The minimum absolute atomic E-state index is 0.0469. The normalized spacial score (nSPS) is 18.6. The molecule has 1 aliphatic rings. The molecular formula is C19H26N4O2. The van der Waals surface area contributed by atoms with Gasteiger partial charge in [0.1, 0.15) is 5.82 Å². The van der Waals surface area contributed by atoms with Crippen molar-refractivity contribution in [2.45, 2.75) is 51.3 Å². The maximum Gasteiger partial charge on any atom is 0.323 e. The lowest BCUT2D eigenvalue weighted by Gasteiger charge is -2.27.